The van der Waals surface area contributed by atoms with Crippen LogP contribution in [0.1, 0.15) is 38.1 Å². The van der Waals surface area contributed by atoms with E-state index < -0.39 is 10.0 Å². The van der Waals surface area contributed by atoms with Crippen LogP contribution in [-0.4, -0.2) is 54.3 Å². The summed E-state index contributed by atoms with van der Waals surface area (Å²) in [6.45, 7) is 1.13. The number of benzene rings is 2. The number of rotatable bonds is 9. The number of amides is 1. The van der Waals surface area contributed by atoms with Crippen molar-refractivity contribution < 1.29 is 22.7 Å². The maximum atomic E-state index is 12.6. The molecule has 2 aromatic carbocycles. The molecule has 184 valence electrons. The summed E-state index contributed by atoms with van der Waals surface area (Å²) in [6.07, 6.45) is 3.36. The van der Waals surface area contributed by atoms with Crippen molar-refractivity contribution in [2.24, 2.45) is 0 Å². The van der Waals surface area contributed by atoms with Gasteiger partial charge in [0.1, 0.15) is 0 Å². The van der Waals surface area contributed by atoms with E-state index in [-0.39, 0.29) is 23.8 Å². The number of hydrogen-bond acceptors (Lipinski definition) is 8. The fourth-order valence-corrected chi connectivity index (χ4v) is 4.85. The Kier molecular flexibility index (Phi) is 6.64. The minimum absolute atomic E-state index is 0.0940. The second kappa shape index (κ2) is 10.0. The van der Waals surface area contributed by atoms with Gasteiger partial charge in [0.25, 0.3) is 0 Å². The number of nitrogens with zero attached hydrogens (tertiary/aromatic N) is 4. The summed E-state index contributed by atoms with van der Waals surface area (Å²) >= 11 is 0. The number of sulfonamides is 1. The van der Waals surface area contributed by atoms with Gasteiger partial charge in [0.15, 0.2) is 17.3 Å². The smallest absolute Gasteiger partial charge is 0.240 e. The average molecular weight is 499 g/mol. The Bertz CT molecular complexity index is 1320. The molecule has 0 saturated heterocycles. The van der Waals surface area contributed by atoms with E-state index in [0.717, 1.165) is 24.8 Å². The number of hydrogen-bond donors (Lipinski definition) is 2. The third kappa shape index (κ3) is 5.60. The van der Waals surface area contributed by atoms with E-state index in [1.54, 1.807) is 12.1 Å². The topological polar surface area (TPSA) is 137 Å². The maximum absolute atomic E-state index is 12.6. The van der Waals surface area contributed by atoms with Crippen LogP contribution in [0.15, 0.2) is 47.4 Å². The molecule has 1 fully saturated rings. The number of tetrazole rings is 1. The van der Waals surface area contributed by atoms with Crippen LogP contribution in [-0.2, 0) is 14.8 Å². The molecule has 0 radical (unpaired) electrons. The van der Waals surface area contributed by atoms with Crippen molar-refractivity contribution in [3.05, 3.63) is 42.5 Å². The van der Waals surface area contributed by atoms with Gasteiger partial charge in [0.05, 0.1) is 24.2 Å². The minimum Gasteiger partial charge on any atom is -0.490 e. The van der Waals surface area contributed by atoms with Crippen molar-refractivity contribution in [2.75, 3.05) is 25.1 Å². The Morgan fingerprint density at radius 1 is 1.09 bits per heavy atom. The van der Waals surface area contributed by atoms with Crippen molar-refractivity contribution in [1.82, 2.24) is 24.9 Å². The minimum atomic E-state index is -3.74. The van der Waals surface area contributed by atoms with E-state index in [4.69, 9.17) is 9.47 Å². The number of carbonyl (C=O) groups is 1. The first kappa shape index (κ1) is 23.2. The van der Waals surface area contributed by atoms with Crippen molar-refractivity contribution in [1.29, 1.82) is 0 Å². The largest absolute Gasteiger partial charge is 0.490 e. The molecule has 0 spiro atoms. The predicted octanol–water partition coefficient (Wildman–Crippen LogP) is 2.53. The Hall–Kier alpha value is -3.51. The van der Waals surface area contributed by atoms with Crippen LogP contribution >= 0.6 is 0 Å². The third-order valence-corrected chi connectivity index (χ3v) is 7.15. The second-order valence-electron chi connectivity index (χ2n) is 8.47. The molecule has 0 bridgehead atoms. The number of nitrogens with one attached hydrogen (secondary N) is 2. The Morgan fingerprint density at radius 3 is 2.74 bits per heavy atom. The summed E-state index contributed by atoms with van der Waals surface area (Å²) in [5, 5.41) is 14.8. The fraction of sp³-hybridized carbons (Fsp3) is 0.391. The van der Waals surface area contributed by atoms with Crippen LogP contribution in [0.25, 0.3) is 11.4 Å². The Morgan fingerprint density at radius 2 is 1.91 bits per heavy atom. The number of carbonyl (C=O) groups excluding carboxylic acids is 1. The van der Waals surface area contributed by atoms with Crippen molar-refractivity contribution in [2.45, 2.75) is 43.0 Å². The van der Waals surface area contributed by atoms with Crippen LogP contribution in [0.3, 0.4) is 0 Å². The van der Waals surface area contributed by atoms with E-state index in [1.807, 2.05) is 22.9 Å². The SMILES string of the molecule is O=C(CCCNS(=O)(=O)c1ccc2c(c1)OCCCO2)Nc1cccc(-c2nnnn2C2CC2)c1. The molecule has 1 aliphatic heterocycles. The van der Waals surface area contributed by atoms with E-state index >= 15 is 0 Å². The number of anilines is 1. The van der Waals surface area contributed by atoms with Gasteiger partial charge in [-0.2, -0.15) is 0 Å². The van der Waals surface area contributed by atoms with Gasteiger partial charge in [-0.05, 0) is 54.0 Å². The van der Waals surface area contributed by atoms with Gasteiger partial charge in [-0.1, -0.05) is 12.1 Å². The van der Waals surface area contributed by atoms with Gasteiger partial charge >= 0.3 is 0 Å². The lowest BCUT2D eigenvalue weighted by atomic mass is 10.2. The molecule has 1 saturated carbocycles. The molecule has 1 amide bonds. The molecule has 12 heteroatoms. The summed E-state index contributed by atoms with van der Waals surface area (Å²) in [7, 11) is -3.74. The molecular formula is C23H26N6O5S. The van der Waals surface area contributed by atoms with Crippen LogP contribution in [0.2, 0.25) is 0 Å². The second-order valence-corrected chi connectivity index (χ2v) is 10.2. The van der Waals surface area contributed by atoms with Crippen molar-refractivity contribution in [3.63, 3.8) is 0 Å². The van der Waals surface area contributed by atoms with Crippen molar-refractivity contribution >= 4 is 21.6 Å². The van der Waals surface area contributed by atoms with E-state index in [1.165, 1.54) is 12.1 Å². The molecular weight excluding hydrogens is 472 g/mol. The van der Waals surface area contributed by atoms with Crippen molar-refractivity contribution in [3.8, 4) is 22.9 Å². The Balaban J connectivity index is 1.12. The number of aromatic nitrogens is 4. The Labute approximate surface area is 202 Å². The number of fused-ring (bicyclic) bond motifs is 1. The molecule has 1 aromatic heterocycles. The van der Waals surface area contributed by atoms with Gasteiger partial charge in [-0.25, -0.2) is 17.8 Å². The monoisotopic (exact) mass is 498 g/mol. The quantitative estimate of drug-likeness (QED) is 0.430. The zero-order valence-electron chi connectivity index (χ0n) is 19.0. The molecule has 3 aromatic rings. The molecule has 11 nitrogen and oxygen atoms in total. The summed E-state index contributed by atoms with van der Waals surface area (Å²) in [4.78, 5) is 12.5. The lowest BCUT2D eigenvalue weighted by molar-refractivity contribution is -0.116. The standard InChI is InChI=1S/C23H26N6O5S/c30-22(25-17-5-1-4-16(14-17)23-26-27-28-29(23)18-7-8-18)6-2-11-24-35(31,32)19-9-10-20-21(15-19)34-13-3-12-33-20/h1,4-5,9-10,14-15,18,24H,2-3,6-8,11-13H2,(H,25,30). The van der Waals surface area contributed by atoms with E-state index in [0.29, 0.717) is 48.7 Å². The molecule has 0 unspecified atom stereocenters. The molecule has 35 heavy (non-hydrogen) atoms. The third-order valence-electron chi connectivity index (χ3n) is 5.69. The summed E-state index contributed by atoms with van der Waals surface area (Å²) < 4.78 is 40.8. The molecule has 2 aliphatic rings. The predicted molar refractivity (Wildman–Crippen MR) is 127 cm³/mol. The zero-order chi connectivity index (χ0) is 24.3. The normalized spacial score (nSPS) is 15.4. The average Bonchev–Trinajstić information content (AvgIpc) is 3.63. The number of ether oxygens (including phenoxy) is 2. The van der Waals surface area contributed by atoms with Gasteiger partial charge < -0.3 is 14.8 Å². The highest BCUT2D eigenvalue weighted by molar-refractivity contribution is 7.89. The lowest BCUT2D eigenvalue weighted by Crippen LogP contribution is -2.25. The summed E-state index contributed by atoms with van der Waals surface area (Å²) in [5.74, 6) is 1.41. The van der Waals surface area contributed by atoms with Gasteiger partial charge in [-0.3, -0.25) is 4.79 Å². The summed E-state index contributed by atoms with van der Waals surface area (Å²) in [5.41, 5.74) is 1.45. The molecule has 2 N–H and O–H groups in total. The van der Waals surface area contributed by atoms with Crippen LogP contribution in [0, 0.1) is 0 Å². The molecule has 1 aliphatic carbocycles. The van der Waals surface area contributed by atoms with Gasteiger partial charge in [-0.15, -0.1) is 5.10 Å². The molecule has 0 atom stereocenters. The molecule has 2 heterocycles. The summed E-state index contributed by atoms with van der Waals surface area (Å²) in [6, 6.07) is 12.2. The van der Waals surface area contributed by atoms with Crippen LogP contribution < -0.4 is 19.5 Å². The van der Waals surface area contributed by atoms with E-state index in [2.05, 4.69) is 25.6 Å². The van der Waals surface area contributed by atoms with Gasteiger partial charge in [0.2, 0.25) is 15.9 Å². The zero-order valence-corrected chi connectivity index (χ0v) is 19.8. The molecule has 5 rings (SSSR count). The van der Waals surface area contributed by atoms with Crippen LogP contribution in [0.4, 0.5) is 5.69 Å². The van der Waals surface area contributed by atoms with Crippen LogP contribution in [0.5, 0.6) is 11.5 Å². The highest BCUT2D eigenvalue weighted by atomic mass is 32.2. The first-order valence-electron chi connectivity index (χ1n) is 11.6. The highest BCUT2D eigenvalue weighted by Crippen LogP contribution is 2.37. The maximum Gasteiger partial charge on any atom is 0.240 e. The first-order valence-corrected chi connectivity index (χ1v) is 13.1. The van der Waals surface area contributed by atoms with Gasteiger partial charge in [0, 0.05) is 36.7 Å². The fourth-order valence-electron chi connectivity index (χ4n) is 3.76. The van der Waals surface area contributed by atoms with E-state index in [9.17, 15) is 13.2 Å². The first-order chi connectivity index (χ1) is 17.0. The lowest BCUT2D eigenvalue weighted by Gasteiger charge is -2.11. The highest BCUT2D eigenvalue weighted by Gasteiger charge is 2.28.